The number of amides is 1. The van der Waals surface area contributed by atoms with E-state index >= 15 is 0 Å². The Hall–Kier alpha value is -3.34. The average molecular weight is 388 g/mol. The first kappa shape index (κ1) is 18.5. The zero-order chi connectivity index (χ0) is 19.6. The van der Waals surface area contributed by atoms with E-state index in [1.54, 1.807) is 19.9 Å². The van der Waals surface area contributed by atoms with Gasteiger partial charge in [-0.15, -0.1) is 10.2 Å². The molecule has 11 heteroatoms. The second kappa shape index (κ2) is 7.50. The lowest BCUT2D eigenvalue weighted by atomic mass is 10.2. The summed E-state index contributed by atoms with van der Waals surface area (Å²) in [5.41, 5.74) is 1.13. The molecule has 3 rings (SSSR count). The van der Waals surface area contributed by atoms with E-state index in [2.05, 4.69) is 15.5 Å². The van der Waals surface area contributed by atoms with E-state index in [9.17, 15) is 14.9 Å². The van der Waals surface area contributed by atoms with Crippen molar-refractivity contribution in [3.05, 3.63) is 52.5 Å². The Balaban J connectivity index is 1.67. The van der Waals surface area contributed by atoms with Crippen molar-refractivity contribution in [1.29, 1.82) is 0 Å². The van der Waals surface area contributed by atoms with Gasteiger partial charge < -0.3 is 15.6 Å². The van der Waals surface area contributed by atoms with Crippen LogP contribution in [0.3, 0.4) is 0 Å². The predicted molar refractivity (Wildman–Crippen MR) is 99.7 cm³/mol. The van der Waals surface area contributed by atoms with Crippen LogP contribution in [0, 0.1) is 17.0 Å². The molecule has 1 atom stereocenters. The Morgan fingerprint density at radius 2 is 2.04 bits per heavy atom. The van der Waals surface area contributed by atoms with E-state index in [4.69, 9.17) is 10.3 Å². The minimum Gasteiger partial charge on any atom is -0.469 e. The fourth-order valence-electron chi connectivity index (χ4n) is 2.28. The molecule has 0 bridgehead atoms. The van der Waals surface area contributed by atoms with Gasteiger partial charge in [-0.2, -0.15) is 0 Å². The number of carbonyl (C=O) groups is 1. The van der Waals surface area contributed by atoms with Crippen molar-refractivity contribution in [2.24, 2.45) is 0 Å². The number of nitrogens with zero attached hydrogens (tertiary/aromatic N) is 4. The molecule has 0 fully saturated rings. The van der Waals surface area contributed by atoms with Gasteiger partial charge in [-0.3, -0.25) is 14.9 Å². The second-order valence-electron chi connectivity index (χ2n) is 5.62. The van der Waals surface area contributed by atoms with Gasteiger partial charge in [0.1, 0.15) is 5.76 Å². The molecular formula is C16H16N6O4S. The van der Waals surface area contributed by atoms with Crippen LogP contribution in [-0.4, -0.2) is 31.0 Å². The van der Waals surface area contributed by atoms with Crippen molar-refractivity contribution < 1.29 is 14.1 Å². The number of aryl methyl sites for hydroxylation is 1. The van der Waals surface area contributed by atoms with Gasteiger partial charge in [0.2, 0.25) is 11.1 Å². The van der Waals surface area contributed by atoms with Crippen molar-refractivity contribution in [2.75, 3.05) is 11.2 Å². The maximum atomic E-state index is 12.4. The van der Waals surface area contributed by atoms with Gasteiger partial charge >= 0.3 is 0 Å². The second-order valence-corrected chi connectivity index (χ2v) is 6.93. The maximum Gasteiger partial charge on any atom is 0.269 e. The van der Waals surface area contributed by atoms with Crippen LogP contribution in [0.25, 0.3) is 11.4 Å². The molecule has 3 N–H and O–H groups in total. The van der Waals surface area contributed by atoms with Gasteiger partial charge in [-0.1, -0.05) is 11.8 Å². The molecule has 1 unspecified atom stereocenters. The fourth-order valence-corrected chi connectivity index (χ4v) is 3.05. The van der Waals surface area contributed by atoms with E-state index in [-0.39, 0.29) is 11.6 Å². The van der Waals surface area contributed by atoms with Crippen LogP contribution in [0.4, 0.5) is 11.4 Å². The molecule has 27 heavy (non-hydrogen) atoms. The number of hydrogen-bond donors (Lipinski definition) is 2. The van der Waals surface area contributed by atoms with Gasteiger partial charge in [0.05, 0.1) is 22.0 Å². The first-order valence-corrected chi connectivity index (χ1v) is 8.71. The Kier molecular flexibility index (Phi) is 5.12. The summed E-state index contributed by atoms with van der Waals surface area (Å²) in [7, 11) is 0. The largest absolute Gasteiger partial charge is 0.469 e. The summed E-state index contributed by atoms with van der Waals surface area (Å²) in [4.78, 5) is 22.5. The van der Waals surface area contributed by atoms with Crippen molar-refractivity contribution in [2.45, 2.75) is 24.3 Å². The highest BCUT2D eigenvalue weighted by molar-refractivity contribution is 8.00. The fraction of sp³-hybridized carbons (Fsp3) is 0.188. The number of hydrogen-bond acceptors (Lipinski definition) is 8. The third kappa shape index (κ3) is 3.92. The number of aromatic nitrogens is 3. The van der Waals surface area contributed by atoms with E-state index in [1.807, 2.05) is 0 Å². The Morgan fingerprint density at radius 1 is 1.33 bits per heavy atom. The molecule has 3 aromatic rings. The van der Waals surface area contributed by atoms with E-state index in [0.29, 0.717) is 22.4 Å². The summed E-state index contributed by atoms with van der Waals surface area (Å²) in [5, 5.41) is 21.3. The number of non-ortho nitro benzene ring substituents is 1. The molecule has 10 nitrogen and oxygen atoms in total. The molecule has 0 saturated carbocycles. The first-order chi connectivity index (χ1) is 12.9. The lowest BCUT2D eigenvalue weighted by Crippen LogP contribution is -2.23. The van der Waals surface area contributed by atoms with Crippen molar-refractivity contribution in [3.63, 3.8) is 0 Å². The number of carbonyl (C=O) groups excluding carboxylic acids is 1. The molecule has 0 aliphatic carbocycles. The first-order valence-electron chi connectivity index (χ1n) is 7.83. The summed E-state index contributed by atoms with van der Waals surface area (Å²) in [6.07, 6.45) is 1.53. The Morgan fingerprint density at radius 3 is 2.63 bits per heavy atom. The van der Waals surface area contributed by atoms with Crippen molar-refractivity contribution >= 4 is 29.0 Å². The van der Waals surface area contributed by atoms with E-state index in [0.717, 1.165) is 17.3 Å². The summed E-state index contributed by atoms with van der Waals surface area (Å²) in [5.74, 6) is 6.85. The predicted octanol–water partition coefficient (Wildman–Crippen LogP) is 2.59. The van der Waals surface area contributed by atoms with Crippen molar-refractivity contribution in [1.82, 2.24) is 14.9 Å². The van der Waals surface area contributed by atoms with Crippen LogP contribution in [-0.2, 0) is 4.79 Å². The number of nitro groups is 1. The molecular weight excluding hydrogens is 372 g/mol. The summed E-state index contributed by atoms with van der Waals surface area (Å²) >= 11 is 1.14. The molecule has 1 aromatic carbocycles. The minimum atomic E-state index is -0.523. The van der Waals surface area contributed by atoms with Gasteiger partial charge in [-0.25, -0.2) is 4.68 Å². The number of nitro benzene ring substituents is 1. The highest BCUT2D eigenvalue weighted by Gasteiger charge is 2.21. The molecule has 140 valence electrons. The van der Waals surface area contributed by atoms with Gasteiger partial charge in [-0.05, 0) is 32.0 Å². The van der Waals surface area contributed by atoms with Crippen LogP contribution in [0.2, 0.25) is 0 Å². The topological polar surface area (TPSA) is 142 Å². The minimum absolute atomic E-state index is 0.0475. The molecule has 0 radical (unpaired) electrons. The third-order valence-electron chi connectivity index (χ3n) is 3.76. The lowest BCUT2D eigenvalue weighted by molar-refractivity contribution is -0.384. The number of nitrogens with two attached hydrogens (primary N) is 1. The maximum absolute atomic E-state index is 12.4. The van der Waals surface area contributed by atoms with Gasteiger partial charge in [0.15, 0.2) is 5.82 Å². The summed E-state index contributed by atoms with van der Waals surface area (Å²) in [6, 6.07) is 7.33. The van der Waals surface area contributed by atoms with Gasteiger partial charge in [0.25, 0.3) is 5.69 Å². The van der Waals surface area contributed by atoms with Crippen LogP contribution >= 0.6 is 11.8 Å². The van der Waals surface area contributed by atoms with Crippen LogP contribution in [0.15, 0.2) is 46.2 Å². The molecule has 0 saturated heterocycles. The smallest absolute Gasteiger partial charge is 0.269 e. The average Bonchev–Trinajstić information content (AvgIpc) is 3.21. The van der Waals surface area contributed by atoms with E-state index < -0.39 is 10.2 Å². The number of nitrogens with one attached hydrogen (secondary N) is 1. The normalized spacial score (nSPS) is 11.9. The highest BCUT2D eigenvalue weighted by atomic mass is 32.2. The van der Waals surface area contributed by atoms with Crippen LogP contribution < -0.4 is 11.2 Å². The molecule has 1 amide bonds. The van der Waals surface area contributed by atoms with Crippen LogP contribution in [0.1, 0.15) is 12.7 Å². The van der Waals surface area contributed by atoms with Gasteiger partial charge in [0, 0.05) is 17.8 Å². The standard InChI is InChI=1S/C16H16N6O4S/c1-9-13(7-8-26-9)14-19-20-16(21(14)17)27-10(2)15(23)18-11-3-5-12(6-4-11)22(24)25/h3-8,10H,17H2,1-2H3,(H,18,23). The van der Waals surface area contributed by atoms with E-state index in [1.165, 1.54) is 35.2 Å². The highest BCUT2D eigenvalue weighted by Crippen LogP contribution is 2.27. The molecule has 0 aliphatic rings. The van der Waals surface area contributed by atoms with Crippen molar-refractivity contribution in [3.8, 4) is 11.4 Å². The number of benzene rings is 1. The Bertz CT molecular complexity index is 981. The molecule has 0 spiro atoms. The van der Waals surface area contributed by atoms with Crippen LogP contribution in [0.5, 0.6) is 0 Å². The number of thioether (sulfide) groups is 1. The summed E-state index contributed by atoms with van der Waals surface area (Å²) < 4.78 is 6.55. The number of furan rings is 1. The molecule has 2 aromatic heterocycles. The Labute approximate surface area is 157 Å². The molecule has 0 aliphatic heterocycles. The third-order valence-corrected chi connectivity index (χ3v) is 4.82. The molecule has 2 heterocycles. The lowest BCUT2D eigenvalue weighted by Gasteiger charge is -2.11. The zero-order valence-electron chi connectivity index (χ0n) is 14.4. The number of anilines is 1. The number of rotatable bonds is 6. The number of nitrogen functional groups attached to an aromatic ring is 1. The SMILES string of the molecule is Cc1occc1-c1nnc(SC(C)C(=O)Nc2ccc([N+](=O)[O-])cc2)n1N. The zero-order valence-corrected chi connectivity index (χ0v) is 15.3. The quantitative estimate of drug-likeness (QED) is 0.284. The summed E-state index contributed by atoms with van der Waals surface area (Å²) in [6.45, 7) is 3.49. The monoisotopic (exact) mass is 388 g/mol.